The molecule has 1 atom stereocenters. The largest absolute Gasteiger partial charge is 0.359 e. The summed E-state index contributed by atoms with van der Waals surface area (Å²) < 4.78 is 2.08. The molecule has 8 nitrogen and oxygen atoms in total. The van der Waals surface area contributed by atoms with Crippen LogP contribution in [-0.2, 0) is 13.0 Å². The van der Waals surface area contributed by atoms with Gasteiger partial charge in [0.15, 0.2) is 11.6 Å². The lowest BCUT2D eigenvalue weighted by Gasteiger charge is -2.32. The quantitative estimate of drug-likeness (QED) is 0.681. The summed E-state index contributed by atoms with van der Waals surface area (Å²) >= 11 is 0. The van der Waals surface area contributed by atoms with Crippen molar-refractivity contribution in [2.75, 3.05) is 25.0 Å². The lowest BCUT2D eigenvalue weighted by molar-refractivity contribution is 0.0676. The van der Waals surface area contributed by atoms with E-state index in [4.69, 9.17) is 0 Å². The van der Waals surface area contributed by atoms with Gasteiger partial charge < -0.3 is 14.4 Å². The SMILES string of the molecule is C[C@H]1CN(C(=O)c2ccc3c(n2)N(C)CC3)Cc2nnc(-c3ccccn3)n21. The molecule has 0 saturated heterocycles. The van der Waals surface area contributed by atoms with Crippen LogP contribution >= 0.6 is 0 Å². The van der Waals surface area contributed by atoms with Gasteiger partial charge in [-0.1, -0.05) is 12.1 Å². The number of carbonyl (C=O) groups is 1. The number of fused-ring (bicyclic) bond motifs is 2. The fourth-order valence-corrected chi connectivity index (χ4v) is 4.03. The normalized spacial score (nSPS) is 18.1. The number of likely N-dealkylation sites (N-methyl/N-ethyl adjacent to an activating group) is 1. The van der Waals surface area contributed by atoms with E-state index < -0.39 is 0 Å². The first-order valence-corrected chi connectivity index (χ1v) is 9.47. The molecule has 0 aromatic carbocycles. The van der Waals surface area contributed by atoms with Crippen molar-refractivity contribution >= 4 is 11.7 Å². The summed E-state index contributed by atoms with van der Waals surface area (Å²) in [5, 5.41) is 8.66. The van der Waals surface area contributed by atoms with Crippen molar-refractivity contribution in [3.63, 3.8) is 0 Å². The molecule has 3 aromatic heterocycles. The summed E-state index contributed by atoms with van der Waals surface area (Å²) in [7, 11) is 2.01. The molecule has 8 heteroatoms. The third-order valence-electron chi connectivity index (χ3n) is 5.46. The number of hydrogen-bond donors (Lipinski definition) is 0. The Kier molecular flexibility index (Phi) is 3.85. The Labute approximate surface area is 162 Å². The van der Waals surface area contributed by atoms with Crippen molar-refractivity contribution in [3.8, 4) is 11.5 Å². The van der Waals surface area contributed by atoms with E-state index in [9.17, 15) is 4.79 Å². The number of nitrogens with zero attached hydrogens (tertiary/aromatic N) is 7. The molecule has 0 bridgehead atoms. The molecule has 0 unspecified atom stereocenters. The Morgan fingerprint density at radius 1 is 1.18 bits per heavy atom. The number of pyridine rings is 2. The van der Waals surface area contributed by atoms with Gasteiger partial charge in [-0.25, -0.2) is 4.98 Å². The first-order chi connectivity index (χ1) is 13.6. The zero-order valence-corrected chi connectivity index (χ0v) is 15.9. The zero-order chi connectivity index (χ0) is 19.3. The zero-order valence-electron chi connectivity index (χ0n) is 15.9. The minimum absolute atomic E-state index is 0.0526. The van der Waals surface area contributed by atoms with Gasteiger partial charge >= 0.3 is 0 Å². The van der Waals surface area contributed by atoms with Crippen LogP contribution in [0.2, 0.25) is 0 Å². The Morgan fingerprint density at radius 3 is 2.89 bits per heavy atom. The lowest BCUT2D eigenvalue weighted by Crippen LogP contribution is -2.41. The smallest absolute Gasteiger partial charge is 0.273 e. The van der Waals surface area contributed by atoms with Gasteiger partial charge in [-0.15, -0.1) is 10.2 Å². The van der Waals surface area contributed by atoms with Crippen LogP contribution in [0.5, 0.6) is 0 Å². The molecule has 5 rings (SSSR count). The van der Waals surface area contributed by atoms with Crippen molar-refractivity contribution in [1.29, 1.82) is 0 Å². The van der Waals surface area contributed by atoms with Crippen LogP contribution in [0.1, 0.15) is 34.8 Å². The molecule has 0 radical (unpaired) electrons. The van der Waals surface area contributed by atoms with Gasteiger partial charge in [0.05, 0.1) is 12.6 Å². The number of carbonyl (C=O) groups excluding carboxylic acids is 1. The predicted molar refractivity (Wildman–Crippen MR) is 104 cm³/mol. The maximum atomic E-state index is 13.1. The molecule has 3 aromatic rings. The van der Waals surface area contributed by atoms with Gasteiger partial charge in [0.1, 0.15) is 17.2 Å². The highest BCUT2D eigenvalue weighted by atomic mass is 16.2. The molecule has 0 aliphatic carbocycles. The van der Waals surface area contributed by atoms with Crippen LogP contribution < -0.4 is 4.90 Å². The second-order valence-corrected chi connectivity index (χ2v) is 7.41. The van der Waals surface area contributed by atoms with E-state index in [-0.39, 0.29) is 11.9 Å². The fourth-order valence-electron chi connectivity index (χ4n) is 4.03. The van der Waals surface area contributed by atoms with Crippen LogP contribution in [0.25, 0.3) is 11.5 Å². The van der Waals surface area contributed by atoms with E-state index in [0.717, 1.165) is 36.1 Å². The molecule has 1 amide bonds. The van der Waals surface area contributed by atoms with Gasteiger partial charge in [0, 0.05) is 26.3 Å². The van der Waals surface area contributed by atoms with Crippen molar-refractivity contribution in [2.24, 2.45) is 0 Å². The number of amides is 1. The molecule has 0 spiro atoms. The maximum Gasteiger partial charge on any atom is 0.273 e. The number of aromatic nitrogens is 5. The van der Waals surface area contributed by atoms with Gasteiger partial charge in [0.25, 0.3) is 5.91 Å². The molecule has 2 aliphatic heterocycles. The van der Waals surface area contributed by atoms with E-state index >= 15 is 0 Å². The van der Waals surface area contributed by atoms with Crippen LogP contribution in [0.4, 0.5) is 5.82 Å². The summed E-state index contributed by atoms with van der Waals surface area (Å²) in [4.78, 5) is 26.0. The van der Waals surface area contributed by atoms with Crippen molar-refractivity contribution in [1.82, 2.24) is 29.6 Å². The Balaban J connectivity index is 1.43. The average Bonchev–Trinajstić information content (AvgIpc) is 3.32. The van der Waals surface area contributed by atoms with Crippen molar-refractivity contribution < 1.29 is 4.79 Å². The number of hydrogen-bond acceptors (Lipinski definition) is 6. The van der Waals surface area contributed by atoms with E-state index in [0.29, 0.717) is 18.8 Å². The molecule has 0 saturated carbocycles. The van der Waals surface area contributed by atoms with Crippen LogP contribution in [0, 0.1) is 0 Å². The highest BCUT2D eigenvalue weighted by Gasteiger charge is 2.31. The molecule has 5 heterocycles. The standard InChI is InChI=1S/C20H21N7O/c1-13-11-26(20(28)16-7-6-14-8-10-25(2)18(14)22-16)12-17-23-24-19(27(13)17)15-5-3-4-9-21-15/h3-7,9,13H,8,10-12H2,1-2H3/t13-/m0/s1. The second-order valence-electron chi connectivity index (χ2n) is 7.41. The molecule has 2 aliphatic rings. The summed E-state index contributed by atoms with van der Waals surface area (Å²) in [5.74, 6) is 2.36. The topological polar surface area (TPSA) is 80.0 Å². The van der Waals surface area contributed by atoms with Crippen molar-refractivity contribution in [2.45, 2.75) is 25.9 Å². The Morgan fingerprint density at radius 2 is 2.07 bits per heavy atom. The summed E-state index contributed by atoms with van der Waals surface area (Å²) in [5.41, 5.74) is 2.47. The minimum Gasteiger partial charge on any atom is -0.359 e. The monoisotopic (exact) mass is 375 g/mol. The Bertz CT molecular complexity index is 1050. The second kappa shape index (κ2) is 6.40. The molecular formula is C20H21N7O. The van der Waals surface area contributed by atoms with E-state index in [1.807, 2.05) is 37.4 Å². The fraction of sp³-hybridized carbons (Fsp3) is 0.350. The van der Waals surface area contributed by atoms with Crippen molar-refractivity contribution in [3.05, 3.63) is 53.6 Å². The number of anilines is 1. The van der Waals surface area contributed by atoms with Crippen LogP contribution in [-0.4, -0.2) is 55.7 Å². The van der Waals surface area contributed by atoms with Crippen LogP contribution in [0.3, 0.4) is 0 Å². The highest BCUT2D eigenvalue weighted by molar-refractivity contribution is 5.93. The van der Waals surface area contributed by atoms with Gasteiger partial charge in [-0.3, -0.25) is 9.78 Å². The Hall–Kier alpha value is -3.29. The van der Waals surface area contributed by atoms with E-state index in [1.165, 1.54) is 5.56 Å². The van der Waals surface area contributed by atoms with Crippen LogP contribution in [0.15, 0.2) is 36.5 Å². The minimum atomic E-state index is -0.0661. The van der Waals surface area contributed by atoms with Gasteiger partial charge in [-0.2, -0.15) is 0 Å². The predicted octanol–water partition coefficient (Wildman–Crippen LogP) is 1.94. The average molecular weight is 375 g/mol. The summed E-state index contributed by atoms with van der Waals surface area (Å²) in [6.07, 6.45) is 2.73. The third-order valence-corrected chi connectivity index (χ3v) is 5.46. The molecule has 0 N–H and O–H groups in total. The summed E-state index contributed by atoms with van der Waals surface area (Å²) in [6, 6.07) is 9.65. The first kappa shape index (κ1) is 16.9. The summed E-state index contributed by atoms with van der Waals surface area (Å²) in [6.45, 7) is 4.01. The van der Waals surface area contributed by atoms with Gasteiger partial charge in [0.2, 0.25) is 0 Å². The molecule has 0 fully saturated rings. The highest BCUT2D eigenvalue weighted by Crippen LogP contribution is 2.28. The molecule has 142 valence electrons. The molecule has 28 heavy (non-hydrogen) atoms. The van der Waals surface area contributed by atoms with E-state index in [2.05, 4.69) is 36.6 Å². The maximum absolute atomic E-state index is 13.1. The lowest BCUT2D eigenvalue weighted by atomic mass is 10.1. The van der Waals surface area contributed by atoms with E-state index in [1.54, 1.807) is 11.1 Å². The first-order valence-electron chi connectivity index (χ1n) is 9.47. The number of rotatable bonds is 2. The van der Waals surface area contributed by atoms with Gasteiger partial charge in [-0.05, 0) is 37.1 Å². The molecular weight excluding hydrogens is 354 g/mol. The third kappa shape index (κ3) is 2.64.